The van der Waals surface area contributed by atoms with Crippen molar-refractivity contribution < 1.29 is 9.34 Å². The first-order valence-corrected chi connectivity index (χ1v) is 7.84. The summed E-state index contributed by atoms with van der Waals surface area (Å²) in [6.45, 7) is 7.15. The number of hydrogen-bond acceptors (Lipinski definition) is 5. The molecule has 1 aliphatic heterocycles. The molecule has 2 heterocycles. The molecule has 0 aliphatic carbocycles. The van der Waals surface area contributed by atoms with Crippen LogP contribution in [0.4, 0.5) is 5.69 Å². The standard InChI is InChI=1S/C17H21N3O3/c1-12-10-19(13(2)9-18-12)11-16-7-8-17(23-16)14-3-5-15(6-4-14)20(21)22/h3-8,12-13,18H,9-11H2,1-2H3. The molecular weight excluding hydrogens is 294 g/mol. The molecule has 0 radical (unpaired) electrons. The Kier molecular flexibility index (Phi) is 4.45. The Morgan fingerprint density at radius 1 is 1.26 bits per heavy atom. The summed E-state index contributed by atoms with van der Waals surface area (Å²) in [5, 5.41) is 14.2. The zero-order valence-corrected chi connectivity index (χ0v) is 13.4. The van der Waals surface area contributed by atoms with E-state index in [2.05, 4.69) is 24.1 Å². The Hall–Kier alpha value is -2.18. The maximum absolute atomic E-state index is 10.7. The smallest absolute Gasteiger partial charge is 0.269 e. The van der Waals surface area contributed by atoms with Crippen LogP contribution in [0, 0.1) is 10.1 Å². The topological polar surface area (TPSA) is 71.5 Å². The Morgan fingerprint density at radius 2 is 2.00 bits per heavy atom. The van der Waals surface area contributed by atoms with Gasteiger partial charge in [0.25, 0.3) is 5.69 Å². The van der Waals surface area contributed by atoms with E-state index >= 15 is 0 Å². The molecule has 2 atom stereocenters. The van der Waals surface area contributed by atoms with E-state index in [4.69, 9.17) is 4.42 Å². The summed E-state index contributed by atoms with van der Waals surface area (Å²) in [5.74, 6) is 1.66. The first-order chi connectivity index (χ1) is 11.0. The van der Waals surface area contributed by atoms with Gasteiger partial charge in [-0.15, -0.1) is 0 Å². The van der Waals surface area contributed by atoms with Gasteiger partial charge in [-0.3, -0.25) is 15.0 Å². The monoisotopic (exact) mass is 315 g/mol. The molecule has 3 rings (SSSR count). The largest absolute Gasteiger partial charge is 0.460 e. The van der Waals surface area contributed by atoms with Crippen LogP contribution in [0.5, 0.6) is 0 Å². The summed E-state index contributed by atoms with van der Waals surface area (Å²) in [6.07, 6.45) is 0. The summed E-state index contributed by atoms with van der Waals surface area (Å²) >= 11 is 0. The second-order valence-corrected chi connectivity index (χ2v) is 6.16. The van der Waals surface area contributed by atoms with Gasteiger partial charge in [0.1, 0.15) is 11.5 Å². The Labute approximate surface area is 135 Å². The molecule has 2 unspecified atom stereocenters. The normalized spacial score (nSPS) is 22.2. The molecule has 6 nitrogen and oxygen atoms in total. The lowest BCUT2D eigenvalue weighted by molar-refractivity contribution is -0.384. The zero-order valence-electron chi connectivity index (χ0n) is 13.4. The van der Waals surface area contributed by atoms with E-state index in [0.717, 1.165) is 36.7 Å². The fraction of sp³-hybridized carbons (Fsp3) is 0.412. The Balaban J connectivity index is 1.71. The van der Waals surface area contributed by atoms with Crippen LogP contribution in [-0.4, -0.2) is 35.0 Å². The third-order valence-corrected chi connectivity index (χ3v) is 4.28. The highest BCUT2D eigenvalue weighted by molar-refractivity contribution is 5.59. The van der Waals surface area contributed by atoms with E-state index in [1.54, 1.807) is 12.1 Å². The maximum Gasteiger partial charge on any atom is 0.269 e. The van der Waals surface area contributed by atoms with E-state index in [1.807, 2.05) is 12.1 Å². The molecule has 1 aromatic heterocycles. The lowest BCUT2D eigenvalue weighted by atomic mass is 10.1. The number of nitro benzene ring substituents is 1. The minimum Gasteiger partial charge on any atom is -0.460 e. The number of benzene rings is 1. The average molecular weight is 315 g/mol. The molecule has 1 aromatic carbocycles. The molecule has 6 heteroatoms. The molecule has 23 heavy (non-hydrogen) atoms. The van der Waals surface area contributed by atoms with Gasteiger partial charge >= 0.3 is 0 Å². The quantitative estimate of drug-likeness (QED) is 0.693. The average Bonchev–Trinajstić information content (AvgIpc) is 2.99. The molecule has 122 valence electrons. The van der Waals surface area contributed by atoms with E-state index in [-0.39, 0.29) is 5.69 Å². The van der Waals surface area contributed by atoms with Crippen molar-refractivity contribution in [2.45, 2.75) is 32.5 Å². The highest BCUT2D eigenvalue weighted by Crippen LogP contribution is 2.25. The van der Waals surface area contributed by atoms with Crippen molar-refractivity contribution in [1.29, 1.82) is 0 Å². The number of furan rings is 1. The van der Waals surface area contributed by atoms with E-state index in [0.29, 0.717) is 12.1 Å². The summed E-state index contributed by atoms with van der Waals surface area (Å²) < 4.78 is 5.92. The van der Waals surface area contributed by atoms with Gasteiger partial charge in [-0.25, -0.2) is 0 Å². The van der Waals surface area contributed by atoms with Gasteiger partial charge in [-0.2, -0.15) is 0 Å². The van der Waals surface area contributed by atoms with Gasteiger partial charge in [-0.1, -0.05) is 0 Å². The maximum atomic E-state index is 10.7. The molecule has 1 saturated heterocycles. The number of nitrogens with one attached hydrogen (secondary N) is 1. The van der Waals surface area contributed by atoms with Crippen LogP contribution in [0.15, 0.2) is 40.8 Å². The van der Waals surface area contributed by atoms with Crippen LogP contribution >= 0.6 is 0 Å². The molecule has 1 aliphatic rings. The molecule has 1 fully saturated rings. The summed E-state index contributed by atoms with van der Waals surface area (Å²) in [6, 6.07) is 11.3. The highest BCUT2D eigenvalue weighted by Gasteiger charge is 2.23. The molecule has 1 N–H and O–H groups in total. The van der Waals surface area contributed by atoms with Crippen molar-refractivity contribution in [2.75, 3.05) is 13.1 Å². The number of nitrogens with zero attached hydrogens (tertiary/aromatic N) is 2. The summed E-state index contributed by atoms with van der Waals surface area (Å²) in [5.41, 5.74) is 0.938. The number of hydrogen-bond donors (Lipinski definition) is 1. The predicted octanol–water partition coefficient (Wildman–Crippen LogP) is 3.04. The van der Waals surface area contributed by atoms with Crippen molar-refractivity contribution in [3.63, 3.8) is 0 Å². The van der Waals surface area contributed by atoms with Crippen molar-refractivity contribution in [3.05, 3.63) is 52.3 Å². The third-order valence-electron chi connectivity index (χ3n) is 4.28. The van der Waals surface area contributed by atoms with Crippen molar-refractivity contribution in [1.82, 2.24) is 10.2 Å². The predicted molar refractivity (Wildman–Crippen MR) is 88.1 cm³/mol. The van der Waals surface area contributed by atoms with E-state index in [9.17, 15) is 10.1 Å². The highest BCUT2D eigenvalue weighted by atomic mass is 16.6. The minimum absolute atomic E-state index is 0.0872. The SMILES string of the molecule is CC1CN(Cc2ccc(-c3ccc([N+](=O)[O-])cc3)o2)C(C)CN1. The van der Waals surface area contributed by atoms with Crippen LogP contribution in [0.25, 0.3) is 11.3 Å². The number of piperazine rings is 1. The summed E-state index contributed by atoms with van der Waals surface area (Å²) in [7, 11) is 0. The molecule has 2 aromatic rings. The van der Waals surface area contributed by atoms with Gasteiger partial charge in [0.15, 0.2) is 0 Å². The van der Waals surface area contributed by atoms with Gasteiger partial charge in [-0.05, 0) is 38.1 Å². The lowest BCUT2D eigenvalue weighted by Gasteiger charge is -2.36. The Bertz CT molecular complexity index is 681. The second-order valence-electron chi connectivity index (χ2n) is 6.16. The van der Waals surface area contributed by atoms with Crippen LogP contribution < -0.4 is 5.32 Å². The molecular formula is C17H21N3O3. The molecule has 0 bridgehead atoms. The molecule has 0 spiro atoms. The Morgan fingerprint density at radius 3 is 2.70 bits per heavy atom. The van der Waals surface area contributed by atoms with E-state index < -0.39 is 4.92 Å². The van der Waals surface area contributed by atoms with E-state index in [1.165, 1.54) is 12.1 Å². The number of non-ortho nitro benzene ring substituents is 1. The van der Waals surface area contributed by atoms with Gasteiger partial charge in [0.05, 0.1) is 11.5 Å². The fourth-order valence-corrected chi connectivity index (χ4v) is 2.88. The fourth-order valence-electron chi connectivity index (χ4n) is 2.88. The van der Waals surface area contributed by atoms with Gasteiger partial charge < -0.3 is 9.73 Å². The van der Waals surface area contributed by atoms with Gasteiger partial charge in [0, 0.05) is 42.9 Å². The van der Waals surface area contributed by atoms with Crippen LogP contribution in [0.2, 0.25) is 0 Å². The second kappa shape index (κ2) is 6.52. The molecule has 0 saturated carbocycles. The zero-order chi connectivity index (χ0) is 16.4. The summed E-state index contributed by atoms with van der Waals surface area (Å²) in [4.78, 5) is 12.7. The number of nitro groups is 1. The minimum atomic E-state index is -0.399. The van der Waals surface area contributed by atoms with Crippen molar-refractivity contribution >= 4 is 5.69 Å². The van der Waals surface area contributed by atoms with Crippen LogP contribution in [0.3, 0.4) is 0 Å². The van der Waals surface area contributed by atoms with Gasteiger partial charge in [0.2, 0.25) is 0 Å². The third kappa shape index (κ3) is 3.60. The van der Waals surface area contributed by atoms with Crippen molar-refractivity contribution in [2.24, 2.45) is 0 Å². The first-order valence-electron chi connectivity index (χ1n) is 7.84. The van der Waals surface area contributed by atoms with Crippen molar-refractivity contribution in [3.8, 4) is 11.3 Å². The lowest BCUT2D eigenvalue weighted by Crippen LogP contribution is -2.53. The van der Waals surface area contributed by atoms with Crippen LogP contribution in [0.1, 0.15) is 19.6 Å². The van der Waals surface area contributed by atoms with Crippen LogP contribution in [-0.2, 0) is 6.54 Å². The molecule has 0 amide bonds. The first kappa shape index (κ1) is 15.7. The number of rotatable bonds is 4.